The number of carbonyl (C=O) groups excluding carboxylic acids is 1. The van der Waals surface area contributed by atoms with Gasteiger partial charge in [-0.15, -0.1) is 0 Å². The first-order valence-electron chi connectivity index (χ1n) is 7.70. The van der Waals surface area contributed by atoms with Crippen molar-refractivity contribution in [2.75, 3.05) is 32.5 Å². The zero-order valence-electron chi connectivity index (χ0n) is 13.8. The molecule has 6 nitrogen and oxygen atoms in total. The summed E-state index contributed by atoms with van der Waals surface area (Å²) >= 11 is 0. The molecule has 2 N–H and O–H groups in total. The van der Waals surface area contributed by atoms with E-state index >= 15 is 0 Å². The van der Waals surface area contributed by atoms with Gasteiger partial charge in [-0.05, 0) is 32.1 Å². The van der Waals surface area contributed by atoms with E-state index in [1.165, 1.54) is 11.9 Å². The normalized spacial score (nSPS) is 10.6. The Morgan fingerprint density at radius 2 is 2.00 bits per heavy atom. The number of rotatable bonds is 7. The summed E-state index contributed by atoms with van der Waals surface area (Å²) in [5, 5.41) is 6.10. The molecule has 0 aliphatic carbocycles. The standard InChI is InChI=1S/C17H23N5O/c1-4-13-7-5-6-8-14(13)21-16-11-15(19-12-20-16)17(23)18-9-10-22(2)3/h5-8,11-12H,4,9-10H2,1-3H3,(H,18,23)(H,19,20,21). The summed E-state index contributed by atoms with van der Waals surface area (Å²) in [5.74, 6) is 0.416. The number of benzene rings is 1. The van der Waals surface area contributed by atoms with E-state index < -0.39 is 0 Å². The van der Waals surface area contributed by atoms with E-state index in [9.17, 15) is 4.79 Å². The van der Waals surface area contributed by atoms with Crippen molar-refractivity contribution in [3.8, 4) is 0 Å². The SMILES string of the molecule is CCc1ccccc1Nc1cc(C(=O)NCCN(C)C)ncn1. The molecule has 0 unspecified atom stereocenters. The molecule has 0 saturated carbocycles. The predicted molar refractivity (Wildman–Crippen MR) is 92.0 cm³/mol. The molecule has 1 aromatic heterocycles. The van der Waals surface area contributed by atoms with Gasteiger partial charge in [0.15, 0.2) is 0 Å². The molecule has 0 aliphatic rings. The predicted octanol–water partition coefficient (Wildman–Crippen LogP) is 2.07. The molecule has 1 aromatic carbocycles. The fourth-order valence-corrected chi connectivity index (χ4v) is 2.12. The van der Waals surface area contributed by atoms with Gasteiger partial charge in [0.25, 0.3) is 5.91 Å². The summed E-state index contributed by atoms with van der Waals surface area (Å²) in [6.45, 7) is 3.47. The lowest BCUT2D eigenvalue weighted by atomic mass is 10.1. The van der Waals surface area contributed by atoms with Crippen LogP contribution in [0.25, 0.3) is 0 Å². The summed E-state index contributed by atoms with van der Waals surface area (Å²) in [6, 6.07) is 9.71. The summed E-state index contributed by atoms with van der Waals surface area (Å²) in [5.41, 5.74) is 2.55. The van der Waals surface area contributed by atoms with Crippen LogP contribution in [-0.2, 0) is 6.42 Å². The molecule has 0 spiro atoms. The topological polar surface area (TPSA) is 70.2 Å². The Morgan fingerprint density at radius 1 is 1.22 bits per heavy atom. The molecule has 0 bridgehead atoms. The molecule has 23 heavy (non-hydrogen) atoms. The first kappa shape index (κ1) is 16.9. The number of carbonyl (C=O) groups is 1. The first-order chi connectivity index (χ1) is 11.1. The van der Waals surface area contributed by atoms with E-state index in [4.69, 9.17) is 0 Å². The van der Waals surface area contributed by atoms with Crippen molar-refractivity contribution in [1.29, 1.82) is 0 Å². The Morgan fingerprint density at radius 3 is 2.74 bits per heavy atom. The minimum absolute atomic E-state index is 0.193. The van der Waals surface area contributed by atoms with Crippen LogP contribution in [0.5, 0.6) is 0 Å². The van der Waals surface area contributed by atoms with Crippen LogP contribution in [0.2, 0.25) is 0 Å². The second-order valence-electron chi connectivity index (χ2n) is 5.48. The lowest BCUT2D eigenvalue weighted by molar-refractivity contribution is 0.0946. The number of aromatic nitrogens is 2. The molecule has 0 aliphatic heterocycles. The van der Waals surface area contributed by atoms with Gasteiger partial charge in [0, 0.05) is 24.8 Å². The Bertz CT molecular complexity index is 657. The Balaban J connectivity index is 2.06. The second kappa shape index (κ2) is 8.24. The minimum atomic E-state index is -0.193. The van der Waals surface area contributed by atoms with E-state index in [-0.39, 0.29) is 5.91 Å². The van der Waals surface area contributed by atoms with Gasteiger partial charge in [-0.1, -0.05) is 25.1 Å². The van der Waals surface area contributed by atoms with Crippen molar-refractivity contribution >= 4 is 17.4 Å². The quantitative estimate of drug-likeness (QED) is 0.819. The molecule has 1 heterocycles. The van der Waals surface area contributed by atoms with Gasteiger partial charge in [-0.3, -0.25) is 4.79 Å². The van der Waals surface area contributed by atoms with Gasteiger partial charge in [0.2, 0.25) is 0 Å². The van der Waals surface area contributed by atoms with Gasteiger partial charge in [0.05, 0.1) is 0 Å². The number of likely N-dealkylation sites (N-methyl/N-ethyl adjacent to an activating group) is 1. The van der Waals surface area contributed by atoms with Crippen molar-refractivity contribution in [3.63, 3.8) is 0 Å². The van der Waals surface area contributed by atoms with E-state index in [0.717, 1.165) is 18.7 Å². The van der Waals surface area contributed by atoms with Crippen LogP contribution in [0, 0.1) is 0 Å². The largest absolute Gasteiger partial charge is 0.349 e. The third kappa shape index (κ3) is 5.03. The molecule has 2 aromatic rings. The first-order valence-corrected chi connectivity index (χ1v) is 7.70. The fraction of sp³-hybridized carbons (Fsp3) is 0.353. The molecule has 6 heteroatoms. The van der Waals surface area contributed by atoms with Crippen molar-refractivity contribution in [2.24, 2.45) is 0 Å². The number of nitrogens with one attached hydrogen (secondary N) is 2. The highest BCUT2D eigenvalue weighted by atomic mass is 16.1. The van der Waals surface area contributed by atoms with Gasteiger partial charge < -0.3 is 15.5 Å². The number of hydrogen-bond donors (Lipinski definition) is 2. The Hall–Kier alpha value is -2.47. The van der Waals surface area contributed by atoms with E-state index in [0.29, 0.717) is 18.1 Å². The van der Waals surface area contributed by atoms with Crippen LogP contribution >= 0.6 is 0 Å². The molecule has 0 saturated heterocycles. The third-order valence-corrected chi connectivity index (χ3v) is 3.41. The highest BCUT2D eigenvalue weighted by Gasteiger charge is 2.09. The lowest BCUT2D eigenvalue weighted by Gasteiger charge is -2.12. The van der Waals surface area contributed by atoms with Crippen molar-refractivity contribution in [1.82, 2.24) is 20.2 Å². The van der Waals surface area contributed by atoms with Gasteiger partial charge >= 0.3 is 0 Å². The van der Waals surface area contributed by atoms with E-state index in [1.807, 2.05) is 37.2 Å². The molecule has 2 rings (SSSR count). The molecular weight excluding hydrogens is 290 g/mol. The number of para-hydroxylation sites is 1. The third-order valence-electron chi connectivity index (χ3n) is 3.41. The smallest absolute Gasteiger partial charge is 0.270 e. The molecule has 0 fully saturated rings. The van der Waals surface area contributed by atoms with Crippen LogP contribution < -0.4 is 10.6 Å². The number of aryl methyl sites for hydroxylation is 1. The zero-order valence-corrected chi connectivity index (χ0v) is 13.8. The fourth-order valence-electron chi connectivity index (χ4n) is 2.12. The summed E-state index contributed by atoms with van der Waals surface area (Å²) in [4.78, 5) is 22.4. The molecule has 0 radical (unpaired) electrons. The average Bonchev–Trinajstić information content (AvgIpc) is 2.55. The van der Waals surface area contributed by atoms with E-state index in [2.05, 4.69) is 33.6 Å². The Labute approximate surface area is 137 Å². The van der Waals surface area contributed by atoms with Crippen molar-refractivity contribution in [2.45, 2.75) is 13.3 Å². The monoisotopic (exact) mass is 313 g/mol. The lowest BCUT2D eigenvalue weighted by Crippen LogP contribution is -2.31. The zero-order chi connectivity index (χ0) is 16.7. The number of hydrogen-bond acceptors (Lipinski definition) is 5. The number of anilines is 2. The van der Waals surface area contributed by atoms with Crippen LogP contribution in [0.4, 0.5) is 11.5 Å². The minimum Gasteiger partial charge on any atom is -0.349 e. The van der Waals surface area contributed by atoms with Crippen LogP contribution in [-0.4, -0.2) is 48.0 Å². The van der Waals surface area contributed by atoms with Gasteiger partial charge in [0.1, 0.15) is 17.8 Å². The molecule has 122 valence electrons. The highest BCUT2D eigenvalue weighted by Crippen LogP contribution is 2.19. The Kier molecular flexibility index (Phi) is 6.05. The summed E-state index contributed by atoms with van der Waals surface area (Å²) in [7, 11) is 3.92. The molecule has 0 atom stereocenters. The highest BCUT2D eigenvalue weighted by molar-refractivity contribution is 5.93. The van der Waals surface area contributed by atoms with Crippen LogP contribution in [0.15, 0.2) is 36.7 Å². The molecular formula is C17H23N5O. The van der Waals surface area contributed by atoms with Crippen molar-refractivity contribution in [3.05, 3.63) is 47.9 Å². The van der Waals surface area contributed by atoms with Crippen LogP contribution in [0.3, 0.4) is 0 Å². The number of nitrogens with zero attached hydrogens (tertiary/aromatic N) is 3. The van der Waals surface area contributed by atoms with Gasteiger partial charge in [-0.25, -0.2) is 9.97 Å². The van der Waals surface area contributed by atoms with Gasteiger partial charge in [-0.2, -0.15) is 0 Å². The van der Waals surface area contributed by atoms with E-state index in [1.54, 1.807) is 6.07 Å². The maximum Gasteiger partial charge on any atom is 0.270 e. The molecule has 1 amide bonds. The average molecular weight is 313 g/mol. The van der Waals surface area contributed by atoms with Crippen molar-refractivity contribution < 1.29 is 4.79 Å². The summed E-state index contributed by atoms with van der Waals surface area (Å²) < 4.78 is 0. The van der Waals surface area contributed by atoms with Crippen LogP contribution in [0.1, 0.15) is 23.0 Å². The maximum absolute atomic E-state index is 12.1. The second-order valence-corrected chi connectivity index (χ2v) is 5.48. The number of amides is 1. The maximum atomic E-state index is 12.1. The summed E-state index contributed by atoms with van der Waals surface area (Å²) in [6.07, 6.45) is 2.32.